The van der Waals surface area contributed by atoms with Crippen LogP contribution in [0, 0.1) is 0 Å². The van der Waals surface area contributed by atoms with E-state index in [1.54, 1.807) is 7.11 Å². The minimum absolute atomic E-state index is 0.383. The Morgan fingerprint density at radius 1 is 1.42 bits per heavy atom. The molecule has 1 aliphatic rings. The van der Waals surface area contributed by atoms with Gasteiger partial charge in [0.25, 0.3) is 0 Å². The number of nitrogens with zero attached hydrogens (tertiary/aromatic N) is 2. The number of aromatic nitrogens is 2. The summed E-state index contributed by atoms with van der Waals surface area (Å²) in [4.78, 5) is 9.07. The van der Waals surface area contributed by atoms with Gasteiger partial charge in [-0.05, 0) is 6.07 Å². The first-order valence-corrected chi connectivity index (χ1v) is 6.85. The van der Waals surface area contributed by atoms with Gasteiger partial charge in [-0.1, -0.05) is 13.8 Å². The van der Waals surface area contributed by atoms with E-state index in [1.807, 2.05) is 12.3 Å². The summed E-state index contributed by atoms with van der Waals surface area (Å²) in [6, 6.07) is 2.39. The van der Waals surface area contributed by atoms with Crippen LogP contribution in [-0.2, 0) is 21.6 Å². The standard InChI is InChI=1S/C14H23N3O2/c1-11(2)16-10-12-4-7-15-13(17-12)14(18-3)5-8-19-9-6-14/h4,7,11,16H,5-6,8-10H2,1-3H3. The molecule has 2 rings (SSSR count). The summed E-state index contributed by atoms with van der Waals surface area (Å²) in [6.07, 6.45) is 3.44. The van der Waals surface area contributed by atoms with Crippen LogP contribution in [0.1, 0.15) is 38.2 Å². The molecule has 5 heteroatoms. The summed E-state index contributed by atoms with van der Waals surface area (Å²) in [5.74, 6) is 0.779. The van der Waals surface area contributed by atoms with Gasteiger partial charge >= 0.3 is 0 Å². The predicted molar refractivity (Wildman–Crippen MR) is 72.7 cm³/mol. The maximum atomic E-state index is 5.72. The highest BCUT2D eigenvalue weighted by molar-refractivity contribution is 5.09. The van der Waals surface area contributed by atoms with Crippen LogP contribution < -0.4 is 5.32 Å². The molecule has 19 heavy (non-hydrogen) atoms. The van der Waals surface area contributed by atoms with Crippen molar-refractivity contribution in [2.45, 2.75) is 44.9 Å². The molecule has 1 saturated heterocycles. The summed E-state index contributed by atoms with van der Waals surface area (Å²) in [6.45, 7) is 6.40. The third-order valence-corrected chi connectivity index (χ3v) is 3.50. The maximum absolute atomic E-state index is 5.72. The van der Waals surface area contributed by atoms with Crippen molar-refractivity contribution in [2.75, 3.05) is 20.3 Å². The maximum Gasteiger partial charge on any atom is 0.160 e. The predicted octanol–water partition coefficient (Wildman–Crippen LogP) is 1.63. The summed E-state index contributed by atoms with van der Waals surface area (Å²) in [5.41, 5.74) is 0.619. The van der Waals surface area contributed by atoms with E-state index < -0.39 is 0 Å². The van der Waals surface area contributed by atoms with Crippen molar-refractivity contribution < 1.29 is 9.47 Å². The quantitative estimate of drug-likeness (QED) is 0.877. The Morgan fingerprint density at radius 2 is 2.16 bits per heavy atom. The first-order valence-electron chi connectivity index (χ1n) is 6.85. The second kappa shape index (κ2) is 6.41. The molecule has 1 fully saturated rings. The van der Waals surface area contributed by atoms with Gasteiger partial charge in [-0.3, -0.25) is 0 Å². The van der Waals surface area contributed by atoms with Crippen LogP contribution >= 0.6 is 0 Å². The van der Waals surface area contributed by atoms with Crippen LogP contribution in [0.25, 0.3) is 0 Å². The average Bonchev–Trinajstić information content (AvgIpc) is 2.46. The zero-order valence-electron chi connectivity index (χ0n) is 12.0. The monoisotopic (exact) mass is 265 g/mol. The number of hydrogen-bond donors (Lipinski definition) is 1. The van der Waals surface area contributed by atoms with E-state index in [1.165, 1.54) is 0 Å². The molecule has 0 aliphatic carbocycles. The Balaban J connectivity index is 2.16. The number of hydrogen-bond acceptors (Lipinski definition) is 5. The van der Waals surface area contributed by atoms with Crippen molar-refractivity contribution in [3.8, 4) is 0 Å². The average molecular weight is 265 g/mol. The van der Waals surface area contributed by atoms with Crippen LogP contribution in [0.2, 0.25) is 0 Å². The second-order valence-corrected chi connectivity index (χ2v) is 5.22. The lowest BCUT2D eigenvalue weighted by Crippen LogP contribution is -2.37. The molecule has 1 N–H and O–H groups in total. The van der Waals surface area contributed by atoms with Crippen molar-refractivity contribution in [2.24, 2.45) is 0 Å². The van der Waals surface area contributed by atoms with E-state index in [0.717, 1.165) is 30.9 Å². The van der Waals surface area contributed by atoms with E-state index in [9.17, 15) is 0 Å². The highest BCUT2D eigenvalue weighted by atomic mass is 16.5. The zero-order chi connectivity index (χ0) is 13.7. The molecule has 1 aliphatic heterocycles. The van der Waals surface area contributed by atoms with Gasteiger partial charge in [0, 0.05) is 51.9 Å². The fourth-order valence-electron chi connectivity index (χ4n) is 2.24. The highest BCUT2D eigenvalue weighted by Crippen LogP contribution is 2.33. The second-order valence-electron chi connectivity index (χ2n) is 5.22. The Kier molecular flexibility index (Phi) is 4.85. The van der Waals surface area contributed by atoms with E-state index >= 15 is 0 Å². The van der Waals surface area contributed by atoms with Gasteiger partial charge in [0.1, 0.15) is 5.60 Å². The lowest BCUT2D eigenvalue weighted by molar-refractivity contribution is -0.100. The van der Waals surface area contributed by atoms with E-state index in [0.29, 0.717) is 19.3 Å². The molecule has 0 amide bonds. The van der Waals surface area contributed by atoms with Gasteiger partial charge < -0.3 is 14.8 Å². The van der Waals surface area contributed by atoms with E-state index in [4.69, 9.17) is 9.47 Å². The largest absolute Gasteiger partial charge is 0.381 e. The van der Waals surface area contributed by atoms with Gasteiger partial charge in [-0.15, -0.1) is 0 Å². The highest BCUT2D eigenvalue weighted by Gasteiger charge is 2.37. The normalized spacial score (nSPS) is 18.7. The van der Waals surface area contributed by atoms with E-state index in [2.05, 4.69) is 29.1 Å². The molecule has 0 aromatic carbocycles. The van der Waals surface area contributed by atoms with Crippen molar-refractivity contribution in [1.82, 2.24) is 15.3 Å². The molecule has 0 bridgehead atoms. The Morgan fingerprint density at radius 3 is 2.79 bits per heavy atom. The molecule has 1 aromatic heterocycles. The molecule has 1 aromatic rings. The number of rotatable bonds is 5. The molecule has 0 saturated carbocycles. The minimum atomic E-state index is -0.383. The van der Waals surface area contributed by atoms with E-state index in [-0.39, 0.29) is 5.60 Å². The number of ether oxygens (including phenoxy) is 2. The Labute approximate surface area is 114 Å². The van der Waals surface area contributed by atoms with Crippen molar-refractivity contribution in [3.05, 3.63) is 23.8 Å². The van der Waals surface area contributed by atoms with Gasteiger partial charge in [0.05, 0.1) is 5.69 Å². The molecule has 0 atom stereocenters. The van der Waals surface area contributed by atoms with Crippen LogP contribution in [0.5, 0.6) is 0 Å². The molecule has 0 radical (unpaired) electrons. The third-order valence-electron chi connectivity index (χ3n) is 3.50. The fraction of sp³-hybridized carbons (Fsp3) is 0.714. The third kappa shape index (κ3) is 3.49. The molecular weight excluding hydrogens is 242 g/mol. The van der Waals surface area contributed by atoms with Crippen LogP contribution in [-0.4, -0.2) is 36.3 Å². The summed E-state index contributed by atoms with van der Waals surface area (Å²) < 4.78 is 11.1. The summed E-state index contributed by atoms with van der Waals surface area (Å²) in [5, 5.41) is 3.37. The van der Waals surface area contributed by atoms with Gasteiger partial charge in [-0.2, -0.15) is 0 Å². The molecular formula is C14H23N3O2. The van der Waals surface area contributed by atoms with Crippen LogP contribution in [0.15, 0.2) is 12.3 Å². The lowest BCUT2D eigenvalue weighted by atomic mass is 9.93. The van der Waals surface area contributed by atoms with Crippen molar-refractivity contribution >= 4 is 0 Å². The summed E-state index contributed by atoms with van der Waals surface area (Å²) in [7, 11) is 1.73. The van der Waals surface area contributed by atoms with Gasteiger partial charge in [-0.25, -0.2) is 9.97 Å². The zero-order valence-corrected chi connectivity index (χ0v) is 12.0. The van der Waals surface area contributed by atoms with Crippen molar-refractivity contribution in [3.63, 3.8) is 0 Å². The first kappa shape index (κ1) is 14.4. The topological polar surface area (TPSA) is 56.3 Å². The Bertz CT molecular complexity index is 403. The van der Waals surface area contributed by atoms with Gasteiger partial charge in [0.15, 0.2) is 5.82 Å². The molecule has 0 spiro atoms. The smallest absolute Gasteiger partial charge is 0.160 e. The molecule has 5 nitrogen and oxygen atoms in total. The number of methoxy groups -OCH3 is 1. The molecule has 0 unspecified atom stereocenters. The van der Waals surface area contributed by atoms with Crippen LogP contribution in [0.4, 0.5) is 0 Å². The van der Waals surface area contributed by atoms with Crippen molar-refractivity contribution in [1.29, 1.82) is 0 Å². The SMILES string of the molecule is COC1(c2nccc(CNC(C)C)n2)CCOCC1. The summed E-state index contributed by atoms with van der Waals surface area (Å²) >= 11 is 0. The number of nitrogens with one attached hydrogen (secondary N) is 1. The molecule has 2 heterocycles. The van der Waals surface area contributed by atoms with Crippen LogP contribution in [0.3, 0.4) is 0 Å². The fourth-order valence-corrected chi connectivity index (χ4v) is 2.24. The Hall–Kier alpha value is -1.04. The van der Waals surface area contributed by atoms with Gasteiger partial charge in [0.2, 0.25) is 0 Å². The lowest BCUT2D eigenvalue weighted by Gasteiger charge is -2.34. The minimum Gasteiger partial charge on any atom is -0.381 e. The molecule has 106 valence electrons. The first-order chi connectivity index (χ1) is 9.16.